The van der Waals surface area contributed by atoms with Crippen molar-refractivity contribution >= 4 is 62.3 Å². The first kappa shape index (κ1) is 28.6. The zero-order valence-electron chi connectivity index (χ0n) is 20.2. The summed E-state index contributed by atoms with van der Waals surface area (Å²) in [5, 5.41) is 3.66. The van der Waals surface area contributed by atoms with Crippen LogP contribution in [0.25, 0.3) is 0 Å². The first-order valence-electron chi connectivity index (χ1n) is 11.7. The number of hydrogen-bond donors (Lipinski definition) is 1. The number of hydrogen-bond acceptors (Lipinski definition) is 4. The van der Waals surface area contributed by atoms with Crippen molar-refractivity contribution in [3.05, 3.63) is 63.1 Å². The molecule has 2 aromatic carbocycles. The lowest BCUT2D eigenvalue weighted by atomic mass is 9.95. The molecular weight excluding hydrogens is 545 g/mol. The van der Waals surface area contributed by atoms with Crippen molar-refractivity contribution in [3.63, 3.8) is 0 Å². The minimum Gasteiger partial charge on any atom is -0.352 e. The standard InChI is InChI=1S/C25H30Cl3N3O4S/c1-17(25(33)29-19-10-4-3-5-11-19)30(15-18-9-6-7-12-20(18)26)23(32)16-31(36(2,34)35)22-14-8-13-21(27)24(22)28/h6-9,12-14,17,19H,3-5,10-11,15-16H2,1-2H3,(H,29,33)/t17-/m1/s1. The van der Waals surface area contributed by atoms with Gasteiger partial charge in [-0.25, -0.2) is 8.42 Å². The number of anilines is 1. The second kappa shape index (κ2) is 12.5. The second-order valence-corrected chi connectivity index (χ2v) is 12.1. The molecule has 0 unspecified atom stereocenters. The Labute approximate surface area is 227 Å². The van der Waals surface area contributed by atoms with Crippen LogP contribution in [0.2, 0.25) is 15.1 Å². The van der Waals surface area contributed by atoms with E-state index >= 15 is 0 Å². The molecule has 0 aromatic heterocycles. The minimum absolute atomic E-state index is 0.0122. The van der Waals surface area contributed by atoms with Gasteiger partial charge in [0.25, 0.3) is 0 Å². The largest absolute Gasteiger partial charge is 0.352 e. The zero-order valence-corrected chi connectivity index (χ0v) is 23.3. The van der Waals surface area contributed by atoms with Crippen molar-refractivity contribution in [2.24, 2.45) is 0 Å². The molecule has 11 heteroatoms. The van der Waals surface area contributed by atoms with Gasteiger partial charge in [-0.1, -0.05) is 78.3 Å². The molecular formula is C25H30Cl3N3O4S. The Morgan fingerprint density at radius 3 is 2.28 bits per heavy atom. The molecule has 0 bridgehead atoms. The molecule has 7 nitrogen and oxygen atoms in total. The van der Waals surface area contributed by atoms with E-state index in [0.717, 1.165) is 42.7 Å². The monoisotopic (exact) mass is 573 g/mol. The SMILES string of the molecule is C[C@H](C(=O)NC1CCCCC1)N(Cc1ccccc1Cl)C(=O)CN(c1cccc(Cl)c1Cl)S(C)(=O)=O. The summed E-state index contributed by atoms with van der Waals surface area (Å²) in [5.41, 5.74) is 0.716. The number of nitrogens with one attached hydrogen (secondary N) is 1. The molecule has 2 aromatic rings. The van der Waals surface area contributed by atoms with Crippen LogP contribution in [0.5, 0.6) is 0 Å². The van der Waals surface area contributed by atoms with E-state index in [1.165, 1.54) is 17.0 Å². The Morgan fingerprint density at radius 2 is 1.64 bits per heavy atom. The Hall–Kier alpha value is -2.00. The molecule has 196 valence electrons. The predicted octanol–water partition coefficient (Wildman–Crippen LogP) is 5.28. The van der Waals surface area contributed by atoms with Gasteiger partial charge in [0.05, 0.1) is 22.0 Å². The number of halogens is 3. The highest BCUT2D eigenvalue weighted by atomic mass is 35.5. The summed E-state index contributed by atoms with van der Waals surface area (Å²) in [6.45, 7) is 1.09. The fourth-order valence-corrected chi connectivity index (χ4v) is 5.74. The normalized spacial score (nSPS) is 15.2. The van der Waals surface area contributed by atoms with E-state index in [9.17, 15) is 18.0 Å². The molecule has 1 atom stereocenters. The Bertz CT molecular complexity index is 1200. The van der Waals surface area contributed by atoms with E-state index in [0.29, 0.717) is 10.6 Å². The second-order valence-electron chi connectivity index (χ2n) is 8.98. The maximum atomic E-state index is 13.6. The smallest absolute Gasteiger partial charge is 0.244 e. The lowest BCUT2D eigenvalue weighted by molar-refractivity contribution is -0.139. The number of nitrogens with zero attached hydrogens (tertiary/aromatic N) is 2. The van der Waals surface area contributed by atoms with E-state index in [1.54, 1.807) is 37.3 Å². The Morgan fingerprint density at radius 1 is 1.00 bits per heavy atom. The molecule has 1 N–H and O–H groups in total. The van der Waals surface area contributed by atoms with Gasteiger partial charge >= 0.3 is 0 Å². The molecule has 0 saturated heterocycles. The molecule has 1 saturated carbocycles. The first-order valence-corrected chi connectivity index (χ1v) is 14.7. The highest BCUT2D eigenvalue weighted by Crippen LogP contribution is 2.34. The van der Waals surface area contributed by atoms with Crippen LogP contribution in [0, 0.1) is 0 Å². The fourth-order valence-electron chi connectivity index (χ4n) is 4.24. The summed E-state index contributed by atoms with van der Waals surface area (Å²) in [6, 6.07) is 10.7. The van der Waals surface area contributed by atoms with Crippen molar-refractivity contribution in [1.29, 1.82) is 0 Å². The molecule has 0 spiro atoms. The Balaban J connectivity index is 1.91. The number of carbonyl (C=O) groups excluding carboxylic acids is 2. The quantitative estimate of drug-likeness (QED) is 0.442. The van der Waals surface area contributed by atoms with Gasteiger partial charge < -0.3 is 10.2 Å². The van der Waals surface area contributed by atoms with Crippen LogP contribution in [-0.4, -0.2) is 50.0 Å². The number of benzene rings is 2. The van der Waals surface area contributed by atoms with Gasteiger partial charge in [-0.2, -0.15) is 0 Å². The Kier molecular flexibility index (Phi) is 9.92. The lowest BCUT2D eigenvalue weighted by Crippen LogP contribution is -2.53. The number of carbonyl (C=O) groups is 2. The molecule has 0 aliphatic heterocycles. The molecule has 0 radical (unpaired) electrons. The van der Waals surface area contributed by atoms with Gasteiger partial charge in [-0.3, -0.25) is 13.9 Å². The number of sulfonamides is 1. The fraction of sp³-hybridized carbons (Fsp3) is 0.440. The summed E-state index contributed by atoms with van der Waals surface area (Å²) in [6.07, 6.45) is 6.01. The maximum absolute atomic E-state index is 13.6. The molecule has 0 heterocycles. The van der Waals surface area contributed by atoms with E-state index in [4.69, 9.17) is 34.8 Å². The summed E-state index contributed by atoms with van der Waals surface area (Å²) in [4.78, 5) is 28.2. The average Bonchev–Trinajstić information content (AvgIpc) is 2.83. The van der Waals surface area contributed by atoms with E-state index in [2.05, 4.69) is 5.32 Å². The van der Waals surface area contributed by atoms with Crippen LogP contribution in [-0.2, 0) is 26.2 Å². The lowest BCUT2D eigenvalue weighted by Gasteiger charge is -2.33. The van der Waals surface area contributed by atoms with Crippen LogP contribution >= 0.6 is 34.8 Å². The average molecular weight is 575 g/mol. The number of amides is 2. The topological polar surface area (TPSA) is 86.8 Å². The van der Waals surface area contributed by atoms with Crippen LogP contribution in [0.15, 0.2) is 42.5 Å². The van der Waals surface area contributed by atoms with Crippen LogP contribution in [0.3, 0.4) is 0 Å². The van der Waals surface area contributed by atoms with Gasteiger partial charge in [0, 0.05) is 17.6 Å². The first-order chi connectivity index (χ1) is 17.0. The predicted molar refractivity (Wildman–Crippen MR) is 145 cm³/mol. The minimum atomic E-state index is -3.92. The van der Waals surface area contributed by atoms with Gasteiger partial charge in [-0.15, -0.1) is 0 Å². The van der Waals surface area contributed by atoms with Crippen LogP contribution in [0.1, 0.15) is 44.6 Å². The highest BCUT2D eigenvalue weighted by molar-refractivity contribution is 7.92. The van der Waals surface area contributed by atoms with Gasteiger partial charge in [0.1, 0.15) is 12.6 Å². The summed E-state index contributed by atoms with van der Waals surface area (Å²) in [5.74, 6) is -0.878. The highest BCUT2D eigenvalue weighted by Gasteiger charge is 2.32. The molecule has 3 rings (SSSR count). The molecule has 1 fully saturated rings. The summed E-state index contributed by atoms with van der Waals surface area (Å²) in [7, 11) is -3.92. The van der Waals surface area contributed by atoms with E-state index in [1.807, 2.05) is 0 Å². The summed E-state index contributed by atoms with van der Waals surface area (Å²) < 4.78 is 26.3. The maximum Gasteiger partial charge on any atom is 0.244 e. The molecule has 2 amide bonds. The van der Waals surface area contributed by atoms with E-state index in [-0.39, 0.29) is 34.2 Å². The third kappa shape index (κ3) is 7.28. The van der Waals surface area contributed by atoms with Crippen molar-refractivity contribution in [2.75, 3.05) is 17.1 Å². The number of rotatable bonds is 9. The van der Waals surface area contributed by atoms with E-state index < -0.39 is 28.5 Å². The third-order valence-corrected chi connectivity index (χ3v) is 8.60. The summed E-state index contributed by atoms with van der Waals surface area (Å²) >= 11 is 18.7. The van der Waals surface area contributed by atoms with Crippen LogP contribution < -0.4 is 9.62 Å². The third-order valence-electron chi connectivity index (χ3n) is 6.30. The van der Waals surface area contributed by atoms with Gasteiger partial charge in [0.2, 0.25) is 21.8 Å². The van der Waals surface area contributed by atoms with Crippen molar-refractivity contribution in [2.45, 2.75) is 57.7 Å². The molecule has 1 aliphatic rings. The zero-order chi connectivity index (χ0) is 26.5. The molecule has 1 aliphatic carbocycles. The molecule has 36 heavy (non-hydrogen) atoms. The van der Waals surface area contributed by atoms with Crippen molar-refractivity contribution < 1.29 is 18.0 Å². The van der Waals surface area contributed by atoms with Gasteiger partial charge in [0.15, 0.2) is 0 Å². The van der Waals surface area contributed by atoms with Crippen LogP contribution in [0.4, 0.5) is 5.69 Å². The van der Waals surface area contributed by atoms with Gasteiger partial charge in [-0.05, 0) is 43.5 Å². The van der Waals surface area contributed by atoms with Crippen molar-refractivity contribution in [3.8, 4) is 0 Å². The van der Waals surface area contributed by atoms with Crippen molar-refractivity contribution in [1.82, 2.24) is 10.2 Å².